The van der Waals surface area contributed by atoms with Gasteiger partial charge in [-0.25, -0.2) is 0 Å². The van der Waals surface area contributed by atoms with Gasteiger partial charge >= 0.3 is 0 Å². The van der Waals surface area contributed by atoms with Crippen molar-refractivity contribution < 1.29 is 9.84 Å². The molecule has 1 fully saturated rings. The van der Waals surface area contributed by atoms with E-state index in [-0.39, 0.29) is 12.4 Å². The number of likely N-dealkylation sites (N-methyl/N-ethyl adjacent to an activating group) is 1. The highest BCUT2D eigenvalue weighted by Gasteiger charge is 2.35. The molecule has 2 atom stereocenters. The average Bonchev–Trinajstić information content (AvgIpc) is 2.29. The number of aromatic hydroxyl groups is 1. The van der Waals surface area contributed by atoms with Crippen LogP contribution in [0.4, 0.5) is 0 Å². The summed E-state index contributed by atoms with van der Waals surface area (Å²) >= 11 is 0. The lowest BCUT2D eigenvalue weighted by Crippen LogP contribution is -2.47. The highest BCUT2D eigenvalue weighted by atomic mass is 35.5. The highest BCUT2D eigenvalue weighted by molar-refractivity contribution is 5.85. The number of piperidine rings is 1. The van der Waals surface area contributed by atoms with Crippen LogP contribution in [-0.4, -0.2) is 36.2 Å². The van der Waals surface area contributed by atoms with Crippen molar-refractivity contribution in [2.24, 2.45) is 0 Å². The normalized spacial score (nSPS) is 27.4. The average molecular weight is 256 g/mol. The van der Waals surface area contributed by atoms with Crippen LogP contribution in [0.2, 0.25) is 0 Å². The molecule has 17 heavy (non-hydrogen) atoms. The van der Waals surface area contributed by atoms with Gasteiger partial charge in [0, 0.05) is 11.5 Å². The number of nitrogens with zero attached hydrogens (tertiary/aromatic N) is 1. The van der Waals surface area contributed by atoms with Crippen LogP contribution < -0.4 is 4.74 Å². The fourth-order valence-corrected chi connectivity index (χ4v) is 2.96. The molecule has 2 heterocycles. The van der Waals surface area contributed by atoms with Gasteiger partial charge in [-0.2, -0.15) is 0 Å². The molecule has 0 bridgehead atoms. The first-order chi connectivity index (χ1) is 7.75. The van der Waals surface area contributed by atoms with Crippen LogP contribution in [0.1, 0.15) is 24.3 Å². The molecule has 94 valence electrons. The fraction of sp³-hybridized carbons (Fsp3) is 0.538. The van der Waals surface area contributed by atoms with Gasteiger partial charge in [0.05, 0.1) is 6.04 Å². The molecule has 0 saturated carbocycles. The minimum absolute atomic E-state index is 0. The lowest BCUT2D eigenvalue weighted by molar-refractivity contribution is 0.0867. The number of rotatable bonds is 0. The zero-order chi connectivity index (χ0) is 11.1. The first kappa shape index (κ1) is 12.5. The Morgan fingerprint density at radius 1 is 1.41 bits per heavy atom. The maximum Gasteiger partial charge on any atom is 0.123 e. The van der Waals surface area contributed by atoms with E-state index < -0.39 is 0 Å². The smallest absolute Gasteiger partial charge is 0.123 e. The third-order valence-electron chi connectivity index (χ3n) is 3.86. The van der Waals surface area contributed by atoms with E-state index in [2.05, 4.69) is 11.9 Å². The molecular weight excluding hydrogens is 238 g/mol. The molecule has 0 spiro atoms. The molecule has 0 aromatic heterocycles. The molecule has 4 heteroatoms. The lowest BCUT2D eigenvalue weighted by atomic mass is 9.82. The lowest BCUT2D eigenvalue weighted by Gasteiger charge is -2.42. The Hall–Kier alpha value is -0.930. The molecule has 0 aliphatic carbocycles. The molecule has 1 aromatic rings. The minimum atomic E-state index is 0. The van der Waals surface area contributed by atoms with Crippen molar-refractivity contribution in [3.05, 3.63) is 23.8 Å². The number of fused-ring (bicyclic) bond motifs is 3. The summed E-state index contributed by atoms with van der Waals surface area (Å²) < 4.78 is 5.77. The molecule has 2 aliphatic heterocycles. The number of hydrogen-bond donors (Lipinski definition) is 1. The van der Waals surface area contributed by atoms with E-state index in [4.69, 9.17) is 4.74 Å². The summed E-state index contributed by atoms with van der Waals surface area (Å²) in [6.07, 6.45) is 2.43. The Balaban J connectivity index is 0.00000108. The van der Waals surface area contributed by atoms with Crippen molar-refractivity contribution in [2.75, 3.05) is 20.2 Å². The molecule has 1 N–H and O–H groups in total. The van der Waals surface area contributed by atoms with E-state index in [0.717, 1.165) is 18.9 Å². The minimum Gasteiger partial charge on any atom is -0.508 e. The second-order valence-electron chi connectivity index (χ2n) is 4.83. The zero-order valence-corrected chi connectivity index (χ0v) is 10.7. The van der Waals surface area contributed by atoms with Gasteiger partial charge in [0.25, 0.3) is 0 Å². The number of benzene rings is 1. The van der Waals surface area contributed by atoms with Gasteiger partial charge in [-0.1, -0.05) is 0 Å². The van der Waals surface area contributed by atoms with Gasteiger partial charge in [-0.05, 0) is 44.6 Å². The van der Waals surface area contributed by atoms with Crippen molar-refractivity contribution in [2.45, 2.75) is 24.8 Å². The van der Waals surface area contributed by atoms with Crippen LogP contribution in [0.3, 0.4) is 0 Å². The maximum atomic E-state index is 9.58. The summed E-state index contributed by atoms with van der Waals surface area (Å²) in [6.45, 7) is 1.93. The number of phenolic OH excluding ortho intramolecular Hbond substituents is 1. The van der Waals surface area contributed by atoms with E-state index in [1.807, 2.05) is 12.1 Å². The summed E-state index contributed by atoms with van der Waals surface area (Å²) in [5, 5.41) is 9.58. The Morgan fingerprint density at radius 3 is 3.06 bits per heavy atom. The SMILES string of the molecule is CN1CCC[C@@H]2c3cc(O)ccc3OC[C@H]21.Cl. The molecule has 0 radical (unpaired) electrons. The third-order valence-corrected chi connectivity index (χ3v) is 3.86. The van der Waals surface area contributed by atoms with Gasteiger partial charge in [0.2, 0.25) is 0 Å². The van der Waals surface area contributed by atoms with Crippen LogP contribution in [0.25, 0.3) is 0 Å². The first-order valence-electron chi connectivity index (χ1n) is 5.91. The van der Waals surface area contributed by atoms with Gasteiger partial charge in [0.15, 0.2) is 0 Å². The van der Waals surface area contributed by atoms with Crippen molar-refractivity contribution in [3.8, 4) is 11.5 Å². The van der Waals surface area contributed by atoms with Crippen molar-refractivity contribution in [1.82, 2.24) is 4.90 Å². The molecule has 0 amide bonds. The number of ether oxygens (including phenoxy) is 1. The Bertz CT molecular complexity index is 410. The van der Waals surface area contributed by atoms with Gasteiger partial charge in [0.1, 0.15) is 18.1 Å². The van der Waals surface area contributed by atoms with Gasteiger partial charge < -0.3 is 9.84 Å². The van der Waals surface area contributed by atoms with Crippen LogP contribution in [-0.2, 0) is 0 Å². The Morgan fingerprint density at radius 2 is 2.24 bits per heavy atom. The molecular formula is C13H18ClNO2. The number of likely N-dealkylation sites (tertiary alicyclic amines) is 1. The highest BCUT2D eigenvalue weighted by Crippen LogP contribution is 2.41. The topological polar surface area (TPSA) is 32.7 Å². The Kier molecular flexibility index (Phi) is 3.50. The summed E-state index contributed by atoms with van der Waals surface area (Å²) in [5.74, 6) is 1.82. The van der Waals surface area contributed by atoms with Crippen LogP contribution >= 0.6 is 12.4 Å². The molecule has 3 nitrogen and oxygen atoms in total. The second kappa shape index (κ2) is 4.75. The molecule has 0 unspecified atom stereocenters. The molecule has 2 aliphatic rings. The van der Waals surface area contributed by atoms with Crippen molar-refractivity contribution in [3.63, 3.8) is 0 Å². The summed E-state index contributed by atoms with van der Waals surface area (Å²) in [6, 6.07) is 5.93. The van der Waals surface area contributed by atoms with Gasteiger partial charge in [-0.15, -0.1) is 12.4 Å². The van der Waals surface area contributed by atoms with E-state index in [1.165, 1.54) is 18.4 Å². The summed E-state index contributed by atoms with van der Waals surface area (Å²) in [5.41, 5.74) is 1.18. The summed E-state index contributed by atoms with van der Waals surface area (Å²) in [4.78, 5) is 2.38. The van der Waals surface area contributed by atoms with E-state index in [9.17, 15) is 5.11 Å². The van der Waals surface area contributed by atoms with Crippen molar-refractivity contribution in [1.29, 1.82) is 0 Å². The predicted molar refractivity (Wildman–Crippen MR) is 69.2 cm³/mol. The number of phenols is 1. The largest absolute Gasteiger partial charge is 0.508 e. The predicted octanol–water partition coefficient (Wildman–Crippen LogP) is 2.38. The maximum absolute atomic E-state index is 9.58. The molecule has 1 aromatic carbocycles. The second-order valence-corrected chi connectivity index (χ2v) is 4.83. The van der Waals surface area contributed by atoms with Crippen LogP contribution in [0, 0.1) is 0 Å². The van der Waals surface area contributed by atoms with Crippen LogP contribution in [0.5, 0.6) is 11.5 Å². The Labute approximate surface area is 108 Å². The number of hydrogen-bond acceptors (Lipinski definition) is 3. The first-order valence-corrected chi connectivity index (χ1v) is 5.91. The van der Waals surface area contributed by atoms with E-state index >= 15 is 0 Å². The van der Waals surface area contributed by atoms with E-state index in [0.29, 0.717) is 17.7 Å². The van der Waals surface area contributed by atoms with Gasteiger partial charge in [-0.3, -0.25) is 4.90 Å². The monoisotopic (exact) mass is 255 g/mol. The molecule has 3 rings (SSSR count). The summed E-state index contributed by atoms with van der Waals surface area (Å²) in [7, 11) is 2.16. The van der Waals surface area contributed by atoms with E-state index in [1.54, 1.807) is 6.07 Å². The zero-order valence-electron chi connectivity index (χ0n) is 9.93. The van der Waals surface area contributed by atoms with Crippen LogP contribution in [0.15, 0.2) is 18.2 Å². The standard InChI is InChI=1S/C13H17NO2.ClH/c1-14-6-2-3-10-11-7-9(15)4-5-13(11)16-8-12(10)14;/h4-5,7,10,12,15H,2-3,6,8H2,1H3;1H/t10-,12-;/m1./s1. The van der Waals surface area contributed by atoms with Crippen molar-refractivity contribution >= 4 is 12.4 Å². The quantitative estimate of drug-likeness (QED) is 0.773. The third kappa shape index (κ3) is 2.09. The number of halogens is 1. The molecule has 1 saturated heterocycles. The fourth-order valence-electron chi connectivity index (χ4n) is 2.96.